The maximum Gasteiger partial charge on any atom is 0.319 e. The molecule has 0 atom stereocenters. The van der Waals surface area contributed by atoms with E-state index in [1.54, 1.807) is 39.0 Å². The second-order valence-electron chi connectivity index (χ2n) is 5.25. The molecule has 0 saturated heterocycles. The molecule has 4 nitrogen and oxygen atoms in total. The van der Waals surface area contributed by atoms with E-state index >= 15 is 0 Å². The standard InChI is InChI=1S/C13H19FN2O2S/c1-13(2,3)16-19(17,18)15-10-6-8-11-7-4-5-9-12(11)14/h4-5,7,9-10,16H,6,8H2,1-3H3. The van der Waals surface area contributed by atoms with E-state index in [0.29, 0.717) is 18.4 Å². The summed E-state index contributed by atoms with van der Waals surface area (Å²) in [6.45, 7) is 5.21. The van der Waals surface area contributed by atoms with Crippen molar-refractivity contribution in [2.75, 3.05) is 0 Å². The van der Waals surface area contributed by atoms with E-state index in [1.807, 2.05) is 0 Å². The quantitative estimate of drug-likeness (QED) is 0.845. The van der Waals surface area contributed by atoms with Crippen molar-refractivity contribution >= 4 is 16.4 Å². The Balaban J connectivity index is 2.54. The van der Waals surface area contributed by atoms with Gasteiger partial charge < -0.3 is 0 Å². The highest BCUT2D eigenvalue weighted by Crippen LogP contribution is 2.08. The third kappa shape index (κ3) is 6.45. The highest BCUT2D eigenvalue weighted by molar-refractivity contribution is 7.88. The molecule has 1 N–H and O–H groups in total. The van der Waals surface area contributed by atoms with Gasteiger partial charge in [0.15, 0.2) is 0 Å². The summed E-state index contributed by atoms with van der Waals surface area (Å²) in [7, 11) is -3.68. The predicted octanol–water partition coefficient (Wildman–Crippen LogP) is 2.46. The van der Waals surface area contributed by atoms with Crippen LogP contribution in [-0.2, 0) is 16.6 Å². The lowest BCUT2D eigenvalue weighted by Crippen LogP contribution is -2.39. The summed E-state index contributed by atoms with van der Waals surface area (Å²) in [5, 5.41) is 0. The van der Waals surface area contributed by atoms with Crippen molar-refractivity contribution in [3.63, 3.8) is 0 Å². The third-order valence-corrected chi connectivity index (χ3v) is 3.45. The van der Waals surface area contributed by atoms with E-state index < -0.39 is 15.7 Å². The summed E-state index contributed by atoms with van der Waals surface area (Å²) in [6.07, 6.45) is 2.08. The van der Waals surface area contributed by atoms with Crippen LogP contribution in [-0.4, -0.2) is 20.2 Å². The topological polar surface area (TPSA) is 58.5 Å². The molecule has 0 heterocycles. The summed E-state index contributed by atoms with van der Waals surface area (Å²) >= 11 is 0. The van der Waals surface area contributed by atoms with E-state index in [1.165, 1.54) is 12.3 Å². The number of nitrogens with zero attached hydrogens (tertiary/aromatic N) is 1. The number of hydrogen-bond acceptors (Lipinski definition) is 2. The molecule has 0 aromatic heterocycles. The van der Waals surface area contributed by atoms with Gasteiger partial charge in [0.2, 0.25) is 0 Å². The van der Waals surface area contributed by atoms with Gasteiger partial charge in [-0.3, -0.25) is 0 Å². The van der Waals surface area contributed by atoms with E-state index in [-0.39, 0.29) is 5.82 Å². The van der Waals surface area contributed by atoms with Gasteiger partial charge in [0.1, 0.15) is 5.82 Å². The Morgan fingerprint density at radius 2 is 1.95 bits per heavy atom. The first-order valence-corrected chi connectivity index (χ1v) is 7.45. The van der Waals surface area contributed by atoms with Crippen LogP contribution >= 0.6 is 0 Å². The fourth-order valence-electron chi connectivity index (χ4n) is 1.49. The van der Waals surface area contributed by atoms with Crippen molar-refractivity contribution in [2.45, 2.75) is 39.2 Å². The molecule has 0 aliphatic carbocycles. The second-order valence-corrected chi connectivity index (χ2v) is 6.61. The molecule has 1 aromatic rings. The Morgan fingerprint density at radius 3 is 2.53 bits per heavy atom. The number of rotatable bonds is 5. The largest absolute Gasteiger partial charge is 0.319 e. The van der Waals surface area contributed by atoms with Crippen LogP contribution in [0.15, 0.2) is 28.7 Å². The van der Waals surface area contributed by atoms with Gasteiger partial charge in [-0.1, -0.05) is 18.2 Å². The Kier molecular flexibility index (Phi) is 5.20. The van der Waals surface area contributed by atoms with Crippen LogP contribution in [0.5, 0.6) is 0 Å². The van der Waals surface area contributed by atoms with Gasteiger partial charge in [-0.15, -0.1) is 0 Å². The summed E-state index contributed by atoms with van der Waals surface area (Å²) in [6, 6.07) is 6.41. The average Bonchev–Trinajstić information content (AvgIpc) is 2.23. The molecule has 1 rings (SSSR count). The smallest absolute Gasteiger partial charge is 0.207 e. The van der Waals surface area contributed by atoms with Crippen molar-refractivity contribution in [1.29, 1.82) is 0 Å². The zero-order valence-corrected chi connectivity index (χ0v) is 12.2. The van der Waals surface area contributed by atoms with Gasteiger partial charge in [-0.05, 0) is 45.2 Å². The third-order valence-electron chi connectivity index (χ3n) is 2.15. The lowest BCUT2D eigenvalue weighted by atomic mass is 10.1. The zero-order chi connectivity index (χ0) is 14.5. The monoisotopic (exact) mass is 286 g/mol. The SMILES string of the molecule is CC(C)(C)NS(=O)(=O)N=CCCc1ccccc1F. The van der Waals surface area contributed by atoms with E-state index in [9.17, 15) is 12.8 Å². The minimum atomic E-state index is -3.68. The lowest BCUT2D eigenvalue weighted by molar-refractivity contribution is 0.492. The normalized spacial score (nSPS) is 13.1. The minimum absolute atomic E-state index is 0.286. The molecule has 0 bridgehead atoms. The average molecular weight is 286 g/mol. The molecule has 19 heavy (non-hydrogen) atoms. The minimum Gasteiger partial charge on any atom is -0.207 e. The number of benzene rings is 1. The fourth-order valence-corrected chi connectivity index (χ4v) is 2.61. The van der Waals surface area contributed by atoms with Crippen LogP contribution in [0.4, 0.5) is 4.39 Å². The molecular weight excluding hydrogens is 267 g/mol. The lowest BCUT2D eigenvalue weighted by Gasteiger charge is -2.17. The molecule has 0 saturated carbocycles. The van der Waals surface area contributed by atoms with E-state index in [4.69, 9.17) is 0 Å². The zero-order valence-electron chi connectivity index (χ0n) is 11.4. The summed E-state index contributed by atoms with van der Waals surface area (Å²) in [5.41, 5.74) is -0.0167. The van der Waals surface area contributed by atoms with E-state index in [0.717, 1.165) is 0 Å². The first-order valence-electron chi connectivity index (χ1n) is 6.01. The number of hydrogen-bond donors (Lipinski definition) is 1. The summed E-state index contributed by atoms with van der Waals surface area (Å²) in [4.78, 5) is 0. The van der Waals surface area contributed by atoms with Crippen LogP contribution in [0, 0.1) is 5.82 Å². The Labute approximate surface area is 113 Å². The number of halogens is 1. The summed E-state index contributed by atoms with van der Waals surface area (Å²) in [5.74, 6) is -0.286. The summed E-state index contributed by atoms with van der Waals surface area (Å²) < 4.78 is 42.3. The maximum atomic E-state index is 13.3. The maximum absolute atomic E-state index is 13.3. The van der Waals surface area contributed by atoms with Gasteiger partial charge >= 0.3 is 10.2 Å². The van der Waals surface area contributed by atoms with Crippen molar-refractivity contribution < 1.29 is 12.8 Å². The first-order chi connectivity index (χ1) is 8.70. The molecule has 0 aliphatic rings. The van der Waals surface area contributed by atoms with Crippen molar-refractivity contribution in [3.05, 3.63) is 35.6 Å². The number of aryl methyl sites for hydroxylation is 1. The van der Waals surface area contributed by atoms with Crippen molar-refractivity contribution in [2.24, 2.45) is 4.40 Å². The Morgan fingerprint density at radius 1 is 1.32 bits per heavy atom. The first kappa shape index (κ1) is 15.8. The van der Waals surface area contributed by atoms with Gasteiger partial charge in [0.25, 0.3) is 0 Å². The van der Waals surface area contributed by atoms with Gasteiger partial charge in [0, 0.05) is 11.8 Å². The van der Waals surface area contributed by atoms with Gasteiger partial charge in [0.05, 0.1) is 0 Å². The molecule has 0 aliphatic heterocycles. The molecule has 1 aromatic carbocycles. The van der Waals surface area contributed by atoms with E-state index in [2.05, 4.69) is 9.12 Å². The highest BCUT2D eigenvalue weighted by atomic mass is 32.2. The van der Waals surface area contributed by atoms with Gasteiger partial charge in [-0.25, -0.2) is 4.39 Å². The second kappa shape index (κ2) is 6.25. The molecule has 0 unspecified atom stereocenters. The molecule has 0 amide bonds. The Hall–Kier alpha value is -1.27. The number of nitrogens with one attached hydrogen (secondary N) is 1. The van der Waals surface area contributed by atoms with Crippen LogP contribution in [0.3, 0.4) is 0 Å². The van der Waals surface area contributed by atoms with Crippen LogP contribution in [0.25, 0.3) is 0 Å². The molecule has 106 valence electrons. The van der Waals surface area contributed by atoms with Crippen LogP contribution in [0.2, 0.25) is 0 Å². The molecule has 0 fully saturated rings. The van der Waals surface area contributed by atoms with Crippen LogP contribution < -0.4 is 4.72 Å². The fraction of sp³-hybridized carbons (Fsp3) is 0.462. The molecule has 0 spiro atoms. The predicted molar refractivity (Wildman–Crippen MR) is 75.0 cm³/mol. The highest BCUT2D eigenvalue weighted by Gasteiger charge is 2.17. The molecular formula is C13H19FN2O2S. The Bertz CT molecular complexity index is 548. The van der Waals surface area contributed by atoms with Crippen LogP contribution in [0.1, 0.15) is 32.8 Å². The molecule has 6 heteroatoms. The van der Waals surface area contributed by atoms with Crippen molar-refractivity contribution in [3.8, 4) is 0 Å². The molecule has 0 radical (unpaired) electrons. The van der Waals surface area contributed by atoms with Crippen molar-refractivity contribution in [1.82, 2.24) is 4.72 Å². The van der Waals surface area contributed by atoms with Gasteiger partial charge in [-0.2, -0.15) is 17.5 Å².